The highest BCUT2D eigenvalue weighted by molar-refractivity contribution is 7.13. The summed E-state index contributed by atoms with van der Waals surface area (Å²) in [5.74, 6) is 0.470. The first-order valence-corrected chi connectivity index (χ1v) is 9.55. The monoisotopic (exact) mass is 390 g/mol. The second-order valence-electron chi connectivity index (χ2n) is 6.13. The number of rotatable bonds is 5. The molecule has 0 aliphatic rings. The van der Waals surface area contributed by atoms with E-state index in [1.165, 1.54) is 11.3 Å². The van der Waals surface area contributed by atoms with Crippen molar-refractivity contribution >= 4 is 22.9 Å². The first-order chi connectivity index (χ1) is 13.7. The summed E-state index contributed by atoms with van der Waals surface area (Å²) in [5, 5.41) is 9.69. The Bertz CT molecular complexity index is 1130. The van der Waals surface area contributed by atoms with E-state index in [1.54, 1.807) is 18.7 Å². The first kappa shape index (κ1) is 17.9. The van der Waals surface area contributed by atoms with E-state index in [0.717, 1.165) is 27.7 Å². The Kier molecular flexibility index (Phi) is 4.90. The third kappa shape index (κ3) is 3.52. The van der Waals surface area contributed by atoms with Gasteiger partial charge in [0.25, 0.3) is 5.91 Å². The van der Waals surface area contributed by atoms with Crippen LogP contribution < -0.4 is 10.1 Å². The second-order valence-corrected chi connectivity index (χ2v) is 6.99. The number of aryl methyl sites for hydroxylation is 1. The van der Waals surface area contributed by atoms with Crippen LogP contribution in [0.5, 0.6) is 5.75 Å². The van der Waals surface area contributed by atoms with Crippen LogP contribution in [0.3, 0.4) is 0 Å². The lowest BCUT2D eigenvalue weighted by atomic mass is 10.2. The van der Waals surface area contributed by atoms with Crippen LogP contribution in [0.4, 0.5) is 5.69 Å². The molecular weight excluding hydrogens is 372 g/mol. The van der Waals surface area contributed by atoms with Gasteiger partial charge >= 0.3 is 0 Å². The number of thiazole rings is 1. The fourth-order valence-electron chi connectivity index (χ4n) is 2.87. The molecule has 2 aromatic heterocycles. The van der Waals surface area contributed by atoms with Crippen molar-refractivity contribution in [1.82, 2.24) is 14.8 Å². The van der Waals surface area contributed by atoms with Gasteiger partial charge in [-0.2, -0.15) is 5.10 Å². The molecule has 28 heavy (non-hydrogen) atoms. The van der Waals surface area contributed by atoms with Crippen molar-refractivity contribution in [3.05, 3.63) is 77.6 Å². The van der Waals surface area contributed by atoms with Crippen LogP contribution in [0, 0.1) is 6.92 Å². The predicted octanol–water partition coefficient (Wildman–Crippen LogP) is 4.57. The molecule has 4 rings (SSSR count). The lowest BCUT2D eigenvalue weighted by Gasteiger charge is -2.08. The number of nitrogens with one attached hydrogen (secondary N) is 1. The molecule has 1 amide bonds. The molecular formula is C21H18N4O2S. The van der Waals surface area contributed by atoms with Crippen molar-refractivity contribution < 1.29 is 9.53 Å². The summed E-state index contributed by atoms with van der Waals surface area (Å²) in [6.45, 7) is 1.98. The van der Waals surface area contributed by atoms with E-state index in [9.17, 15) is 4.79 Å². The average molecular weight is 390 g/mol. The highest BCUT2D eigenvalue weighted by atomic mass is 32.1. The van der Waals surface area contributed by atoms with Crippen LogP contribution in [0.1, 0.15) is 16.2 Å². The molecule has 140 valence electrons. The van der Waals surface area contributed by atoms with Crippen LogP contribution in [0.25, 0.3) is 16.3 Å². The molecule has 7 heteroatoms. The molecule has 0 radical (unpaired) electrons. The van der Waals surface area contributed by atoms with Gasteiger partial charge in [-0.1, -0.05) is 18.2 Å². The molecule has 6 nitrogen and oxygen atoms in total. The van der Waals surface area contributed by atoms with Gasteiger partial charge < -0.3 is 10.1 Å². The first-order valence-electron chi connectivity index (χ1n) is 8.67. The van der Waals surface area contributed by atoms with Gasteiger partial charge in [-0.05, 0) is 43.3 Å². The van der Waals surface area contributed by atoms with Crippen LogP contribution in [-0.4, -0.2) is 27.8 Å². The van der Waals surface area contributed by atoms with Crippen molar-refractivity contribution in [3.63, 3.8) is 0 Å². The average Bonchev–Trinajstić information content (AvgIpc) is 3.37. The topological polar surface area (TPSA) is 69.0 Å². The quantitative estimate of drug-likeness (QED) is 0.542. The van der Waals surface area contributed by atoms with Gasteiger partial charge in [0, 0.05) is 23.0 Å². The molecule has 2 heterocycles. The zero-order valence-electron chi connectivity index (χ0n) is 15.4. The van der Waals surface area contributed by atoms with Gasteiger partial charge in [0.2, 0.25) is 0 Å². The molecule has 0 aliphatic heterocycles. The van der Waals surface area contributed by atoms with Crippen LogP contribution in [0.15, 0.2) is 66.2 Å². The summed E-state index contributed by atoms with van der Waals surface area (Å²) in [4.78, 5) is 17.1. The van der Waals surface area contributed by atoms with Crippen molar-refractivity contribution in [1.29, 1.82) is 0 Å². The number of anilines is 1. The van der Waals surface area contributed by atoms with Crippen LogP contribution >= 0.6 is 11.3 Å². The van der Waals surface area contributed by atoms with Gasteiger partial charge in [-0.15, -0.1) is 11.3 Å². The normalized spacial score (nSPS) is 10.6. The van der Waals surface area contributed by atoms with E-state index in [4.69, 9.17) is 4.74 Å². The molecule has 0 unspecified atom stereocenters. The lowest BCUT2D eigenvalue weighted by Crippen LogP contribution is -2.12. The van der Waals surface area contributed by atoms with E-state index < -0.39 is 0 Å². The predicted molar refractivity (Wildman–Crippen MR) is 110 cm³/mol. The number of nitrogens with zero attached hydrogens (tertiary/aromatic N) is 3. The Morgan fingerprint density at radius 3 is 2.79 bits per heavy atom. The number of para-hydroxylation sites is 1. The Morgan fingerprint density at radius 2 is 2.00 bits per heavy atom. The van der Waals surface area contributed by atoms with E-state index in [1.807, 2.05) is 66.2 Å². The van der Waals surface area contributed by atoms with Crippen molar-refractivity contribution in [2.45, 2.75) is 6.92 Å². The van der Waals surface area contributed by atoms with Gasteiger partial charge in [-0.25, -0.2) is 9.67 Å². The third-order valence-electron chi connectivity index (χ3n) is 4.25. The molecule has 0 aliphatic carbocycles. The number of amides is 1. The largest absolute Gasteiger partial charge is 0.496 e. The maximum absolute atomic E-state index is 12.7. The SMILES string of the molecule is COc1ccccc1-c1nc(C(=O)Nc2cccc(-n3nccc3C)c2)cs1. The summed E-state index contributed by atoms with van der Waals surface area (Å²) in [6.07, 6.45) is 1.75. The maximum Gasteiger partial charge on any atom is 0.275 e. The van der Waals surface area contributed by atoms with E-state index in [-0.39, 0.29) is 5.91 Å². The molecule has 0 saturated carbocycles. The number of hydrogen-bond acceptors (Lipinski definition) is 5. The minimum absolute atomic E-state index is 0.258. The highest BCUT2D eigenvalue weighted by Crippen LogP contribution is 2.32. The number of hydrogen-bond donors (Lipinski definition) is 1. The van der Waals surface area contributed by atoms with Crippen molar-refractivity contribution in [2.75, 3.05) is 12.4 Å². The number of aromatic nitrogens is 3. The Hall–Kier alpha value is -3.45. The summed E-state index contributed by atoms with van der Waals surface area (Å²) < 4.78 is 7.20. The Morgan fingerprint density at radius 1 is 1.14 bits per heavy atom. The third-order valence-corrected chi connectivity index (χ3v) is 5.13. The van der Waals surface area contributed by atoms with Gasteiger partial charge in [-0.3, -0.25) is 4.79 Å². The van der Waals surface area contributed by atoms with Crippen LogP contribution in [-0.2, 0) is 0 Å². The number of ether oxygens (including phenoxy) is 1. The number of methoxy groups -OCH3 is 1. The molecule has 2 aromatic carbocycles. The van der Waals surface area contributed by atoms with E-state index >= 15 is 0 Å². The van der Waals surface area contributed by atoms with Gasteiger partial charge in [0.05, 0.1) is 18.4 Å². The molecule has 0 spiro atoms. The smallest absolute Gasteiger partial charge is 0.275 e. The van der Waals surface area contributed by atoms with Gasteiger partial charge in [0.15, 0.2) is 0 Å². The summed E-state index contributed by atoms with van der Waals surface area (Å²) >= 11 is 1.41. The summed E-state index contributed by atoms with van der Waals surface area (Å²) in [5.41, 5.74) is 3.82. The molecule has 4 aromatic rings. The Balaban J connectivity index is 1.55. The maximum atomic E-state index is 12.7. The number of carbonyl (C=O) groups is 1. The molecule has 0 bridgehead atoms. The standard InChI is InChI=1S/C21H18N4O2S/c1-14-10-11-22-25(14)16-7-5-6-15(12-16)23-20(26)18-13-28-21(24-18)17-8-3-4-9-19(17)27-2/h3-13H,1-2H3,(H,23,26). The van der Waals surface area contributed by atoms with Crippen LogP contribution in [0.2, 0.25) is 0 Å². The Labute approximate surface area is 166 Å². The van der Waals surface area contributed by atoms with Gasteiger partial charge in [0.1, 0.15) is 16.5 Å². The van der Waals surface area contributed by atoms with E-state index in [0.29, 0.717) is 11.4 Å². The van der Waals surface area contributed by atoms with Crippen molar-refractivity contribution in [3.8, 4) is 22.0 Å². The summed E-state index contributed by atoms with van der Waals surface area (Å²) in [7, 11) is 1.62. The highest BCUT2D eigenvalue weighted by Gasteiger charge is 2.15. The van der Waals surface area contributed by atoms with Crippen molar-refractivity contribution in [2.24, 2.45) is 0 Å². The summed E-state index contributed by atoms with van der Waals surface area (Å²) in [6, 6.07) is 17.1. The molecule has 0 fully saturated rings. The zero-order chi connectivity index (χ0) is 19.5. The molecule has 1 N–H and O–H groups in total. The fourth-order valence-corrected chi connectivity index (χ4v) is 3.70. The number of carbonyl (C=O) groups excluding carboxylic acids is 1. The molecule has 0 atom stereocenters. The minimum Gasteiger partial charge on any atom is -0.496 e. The number of benzene rings is 2. The zero-order valence-corrected chi connectivity index (χ0v) is 16.2. The van der Waals surface area contributed by atoms with E-state index in [2.05, 4.69) is 15.4 Å². The minimum atomic E-state index is -0.258. The lowest BCUT2D eigenvalue weighted by molar-refractivity contribution is 0.102. The second kappa shape index (κ2) is 7.66. The molecule has 0 saturated heterocycles. The fraction of sp³-hybridized carbons (Fsp3) is 0.0952.